The number of anilines is 1. The summed E-state index contributed by atoms with van der Waals surface area (Å²) in [7, 11) is 0. The molecule has 0 fully saturated rings. The Morgan fingerprint density at radius 3 is 2.78 bits per heavy atom. The first-order chi connectivity index (χ1) is 11.1. The molecule has 0 saturated heterocycles. The number of rotatable bonds is 4. The summed E-state index contributed by atoms with van der Waals surface area (Å²) < 4.78 is 0. The van der Waals surface area contributed by atoms with Crippen molar-refractivity contribution in [3.8, 4) is 0 Å². The van der Waals surface area contributed by atoms with Gasteiger partial charge in [-0.05, 0) is 37.1 Å². The van der Waals surface area contributed by atoms with Gasteiger partial charge in [-0.1, -0.05) is 30.3 Å². The summed E-state index contributed by atoms with van der Waals surface area (Å²) >= 11 is 0. The molecule has 1 unspecified atom stereocenters. The lowest BCUT2D eigenvalue weighted by Crippen LogP contribution is -2.16. The molecule has 0 aliphatic rings. The van der Waals surface area contributed by atoms with Crippen LogP contribution < -0.4 is 5.32 Å². The highest BCUT2D eigenvalue weighted by atomic mass is 16.3. The van der Waals surface area contributed by atoms with Crippen LogP contribution in [0.25, 0.3) is 10.9 Å². The molecule has 1 amide bonds. The summed E-state index contributed by atoms with van der Waals surface area (Å²) in [5.74, 6) is -0.0951. The van der Waals surface area contributed by atoms with E-state index < -0.39 is 6.10 Å². The number of aryl methyl sites for hydroxylation is 1. The molecule has 0 radical (unpaired) electrons. The SMILES string of the molecule is Cc1cccc2[nH]cc(CC(=O)Nc3ccccc3C(C)O)c12. The maximum atomic E-state index is 12.4. The van der Waals surface area contributed by atoms with Crippen molar-refractivity contribution in [3.05, 3.63) is 65.4 Å². The van der Waals surface area contributed by atoms with Crippen LogP contribution in [-0.4, -0.2) is 16.0 Å². The summed E-state index contributed by atoms with van der Waals surface area (Å²) in [5.41, 5.74) is 4.54. The van der Waals surface area contributed by atoms with Gasteiger partial charge in [0.25, 0.3) is 0 Å². The Balaban J connectivity index is 1.82. The van der Waals surface area contributed by atoms with Gasteiger partial charge >= 0.3 is 0 Å². The van der Waals surface area contributed by atoms with Crippen LogP contribution in [-0.2, 0) is 11.2 Å². The van der Waals surface area contributed by atoms with E-state index in [-0.39, 0.29) is 5.91 Å². The van der Waals surface area contributed by atoms with Gasteiger partial charge in [-0.3, -0.25) is 4.79 Å². The van der Waals surface area contributed by atoms with Crippen molar-refractivity contribution in [1.82, 2.24) is 4.98 Å². The third-order valence-corrected chi connectivity index (χ3v) is 4.03. The van der Waals surface area contributed by atoms with Crippen molar-refractivity contribution in [2.75, 3.05) is 5.32 Å². The Hall–Kier alpha value is -2.59. The molecule has 4 heteroatoms. The van der Waals surface area contributed by atoms with E-state index in [1.807, 2.05) is 49.5 Å². The van der Waals surface area contributed by atoms with Crippen LogP contribution in [0.4, 0.5) is 5.69 Å². The molecule has 118 valence electrons. The van der Waals surface area contributed by atoms with Crippen LogP contribution in [0.15, 0.2) is 48.7 Å². The minimum atomic E-state index is -0.623. The topological polar surface area (TPSA) is 65.1 Å². The zero-order valence-electron chi connectivity index (χ0n) is 13.3. The molecule has 1 atom stereocenters. The van der Waals surface area contributed by atoms with Gasteiger partial charge in [0.2, 0.25) is 5.91 Å². The number of fused-ring (bicyclic) bond motifs is 1. The molecule has 3 N–H and O–H groups in total. The summed E-state index contributed by atoms with van der Waals surface area (Å²) in [6, 6.07) is 13.4. The normalized spacial score (nSPS) is 12.3. The highest BCUT2D eigenvalue weighted by Crippen LogP contribution is 2.24. The molecule has 2 aromatic carbocycles. The van der Waals surface area contributed by atoms with E-state index in [4.69, 9.17) is 0 Å². The molecule has 0 aliphatic heterocycles. The zero-order valence-corrected chi connectivity index (χ0v) is 13.3. The Kier molecular flexibility index (Phi) is 4.17. The molecule has 1 heterocycles. The minimum Gasteiger partial charge on any atom is -0.389 e. The highest BCUT2D eigenvalue weighted by molar-refractivity contribution is 5.97. The smallest absolute Gasteiger partial charge is 0.228 e. The van der Waals surface area contributed by atoms with Gasteiger partial charge < -0.3 is 15.4 Å². The van der Waals surface area contributed by atoms with Gasteiger partial charge in [0.05, 0.1) is 12.5 Å². The highest BCUT2D eigenvalue weighted by Gasteiger charge is 2.13. The van der Waals surface area contributed by atoms with Gasteiger partial charge in [0.15, 0.2) is 0 Å². The molecule has 3 rings (SSSR count). The zero-order chi connectivity index (χ0) is 16.4. The number of aliphatic hydroxyl groups is 1. The Labute approximate surface area is 135 Å². The number of para-hydroxylation sites is 1. The van der Waals surface area contributed by atoms with E-state index in [2.05, 4.69) is 10.3 Å². The second-order valence-corrected chi connectivity index (χ2v) is 5.80. The molecule has 0 saturated carbocycles. The van der Waals surface area contributed by atoms with Crippen molar-refractivity contribution in [1.29, 1.82) is 0 Å². The van der Waals surface area contributed by atoms with Gasteiger partial charge in [-0.2, -0.15) is 0 Å². The van der Waals surface area contributed by atoms with Crippen molar-refractivity contribution in [2.45, 2.75) is 26.4 Å². The Morgan fingerprint density at radius 2 is 2.00 bits per heavy atom. The second kappa shape index (κ2) is 6.26. The summed E-state index contributed by atoms with van der Waals surface area (Å²) in [5, 5.41) is 13.8. The first-order valence-electron chi connectivity index (χ1n) is 7.68. The average molecular weight is 308 g/mol. The standard InChI is InChI=1S/C19H20N2O2/c1-12-6-5-9-17-19(12)14(11-20-17)10-18(23)21-16-8-4-3-7-15(16)13(2)22/h3-9,11,13,20,22H,10H2,1-2H3,(H,21,23). The molecule has 1 aromatic heterocycles. The van der Waals surface area contributed by atoms with Crippen LogP contribution >= 0.6 is 0 Å². The minimum absolute atomic E-state index is 0.0951. The van der Waals surface area contributed by atoms with E-state index >= 15 is 0 Å². The number of aliphatic hydroxyl groups excluding tert-OH is 1. The number of benzene rings is 2. The molecule has 0 bridgehead atoms. The summed E-state index contributed by atoms with van der Waals surface area (Å²) in [6.45, 7) is 3.73. The van der Waals surface area contributed by atoms with E-state index in [1.54, 1.807) is 13.0 Å². The van der Waals surface area contributed by atoms with E-state index in [9.17, 15) is 9.90 Å². The summed E-state index contributed by atoms with van der Waals surface area (Å²) in [6.07, 6.45) is 1.55. The van der Waals surface area contributed by atoms with Crippen molar-refractivity contribution in [2.24, 2.45) is 0 Å². The van der Waals surface area contributed by atoms with Crippen molar-refractivity contribution in [3.63, 3.8) is 0 Å². The van der Waals surface area contributed by atoms with Gasteiger partial charge in [-0.25, -0.2) is 0 Å². The van der Waals surface area contributed by atoms with E-state index in [0.29, 0.717) is 12.1 Å². The largest absolute Gasteiger partial charge is 0.389 e. The fourth-order valence-corrected chi connectivity index (χ4v) is 2.93. The fourth-order valence-electron chi connectivity index (χ4n) is 2.93. The Morgan fingerprint density at radius 1 is 1.22 bits per heavy atom. The van der Waals surface area contributed by atoms with Crippen LogP contribution in [0.3, 0.4) is 0 Å². The number of hydrogen-bond donors (Lipinski definition) is 3. The predicted molar refractivity (Wildman–Crippen MR) is 92.4 cm³/mol. The van der Waals surface area contributed by atoms with Crippen LogP contribution in [0.2, 0.25) is 0 Å². The maximum Gasteiger partial charge on any atom is 0.228 e. The fraction of sp³-hybridized carbons (Fsp3) is 0.211. The molecule has 3 aromatic rings. The molecule has 23 heavy (non-hydrogen) atoms. The maximum absolute atomic E-state index is 12.4. The quantitative estimate of drug-likeness (QED) is 0.688. The van der Waals surface area contributed by atoms with E-state index in [1.165, 1.54) is 0 Å². The molecular formula is C19H20N2O2. The number of hydrogen-bond acceptors (Lipinski definition) is 2. The lowest BCUT2D eigenvalue weighted by atomic mass is 10.0. The predicted octanol–water partition coefficient (Wildman–Crippen LogP) is 3.71. The molecule has 4 nitrogen and oxygen atoms in total. The van der Waals surface area contributed by atoms with Crippen molar-refractivity contribution >= 4 is 22.5 Å². The number of carbonyl (C=O) groups excluding carboxylic acids is 1. The molecular weight excluding hydrogens is 288 g/mol. The number of amides is 1. The lowest BCUT2D eigenvalue weighted by molar-refractivity contribution is -0.115. The third-order valence-electron chi connectivity index (χ3n) is 4.03. The van der Waals surface area contributed by atoms with Crippen LogP contribution in [0, 0.1) is 6.92 Å². The number of aromatic amines is 1. The second-order valence-electron chi connectivity index (χ2n) is 5.80. The first-order valence-corrected chi connectivity index (χ1v) is 7.68. The van der Waals surface area contributed by atoms with Gasteiger partial charge in [-0.15, -0.1) is 0 Å². The number of carbonyl (C=O) groups is 1. The summed E-state index contributed by atoms with van der Waals surface area (Å²) in [4.78, 5) is 15.6. The van der Waals surface area contributed by atoms with Crippen LogP contribution in [0.1, 0.15) is 29.7 Å². The number of nitrogens with one attached hydrogen (secondary N) is 2. The van der Waals surface area contributed by atoms with Crippen LogP contribution in [0.5, 0.6) is 0 Å². The third kappa shape index (κ3) is 3.12. The molecule has 0 aliphatic carbocycles. The van der Waals surface area contributed by atoms with Crippen molar-refractivity contribution < 1.29 is 9.90 Å². The van der Waals surface area contributed by atoms with Gasteiger partial charge in [0.1, 0.15) is 0 Å². The lowest BCUT2D eigenvalue weighted by Gasteiger charge is -2.13. The first kappa shape index (κ1) is 15.3. The Bertz CT molecular complexity index is 849. The average Bonchev–Trinajstić information content (AvgIpc) is 2.92. The number of aromatic nitrogens is 1. The molecule has 0 spiro atoms. The van der Waals surface area contributed by atoms with Gasteiger partial charge in [0, 0.05) is 28.4 Å². The monoisotopic (exact) mass is 308 g/mol. The number of H-pyrrole nitrogens is 1. The van der Waals surface area contributed by atoms with E-state index in [0.717, 1.165) is 27.6 Å².